The fourth-order valence-electron chi connectivity index (χ4n) is 3.84. The fourth-order valence-corrected chi connectivity index (χ4v) is 4.81. The average molecular weight is 493 g/mol. The lowest BCUT2D eigenvalue weighted by atomic mass is 9.99. The summed E-state index contributed by atoms with van der Waals surface area (Å²) < 4.78 is 48.0. The van der Waals surface area contributed by atoms with Crippen LogP contribution in [0.4, 0.5) is 19.1 Å². The van der Waals surface area contributed by atoms with Gasteiger partial charge in [-0.25, -0.2) is 18.2 Å². The number of nitrogen functional groups attached to an aromatic ring is 1. The molecule has 5 aromatic rings. The highest BCUT2D eigenvalue weighted by atomic mass is 32.1. The van der Waals surface area contributed by atoms with Gasteiger partial charge < -0.3 is 10.5 Å². The van der Waals surface area contributed by atoms with Crippen LogP contribution < -0.4 is 10.5 Å². The van der Waals surface area contributed by atoms with Crippen LogP contribution in [0.3, 0.4) is 0 Å². The van der Waals surface area contributed by atoms with Gasteiger partial charge in [0.2, 0.25) is 11.8 Å². The molecule has 9 heteroatoms. The molecule has 2 N–H and O–H groups in total. The summed E-state index contributed by atoms with van der Waals surface area (Å²) in [5.74, 6) is -0.335. The smallest absolute Gasteiger partial charge is 0.280 e. The first-order chi connectivity index (χ1) is 16.9. The van der Waals surface area contributed by atoms with Crippen molar-refractivity contribution >= 4 is 27.4 Å². The molecule has 3 aromatic heterocycles. The van der Waals surface area contributed by atoms with Gasteiger partial charge >= 0.3 is 0 Å². The molecule has 0 atom stereocenters. The van der Waals surface area contributed by atoms with Crippen molar-refractivity contribution < 1.29 is 17.9 Å². The number of benzene rings is 2. The first kappa shape index (κ1) is 22.8. The summed E-state index contributed by atoms with van der Waals surface area (Å²) in [4.78, 5) is 13.5. The molecule has 3 heterocycles. The highest BCUT2D eigenvalue weighted by molar-refractivity contribution is 7.19. The molecular formula is C26H19F3N4OS. The largest absolute Gasteiger partial charge is 0.471 e. The quantitative estimate of drug-likeness (QED) is 0.277. The fraction of sp³-hybridized carbons (Fsp3) is 0.115. The monoisotopic (exact) mass is 492 g/mol. The van der Waals surface area contributed by atoms with Crippen LogP contribution in [0.15, 0.2) is 66.7 Å². The van der Waals surface area contributed by atoms with Crippen molar-refractivity contribution in [3.05, 3.63) is 88.8 Å². The van der Waals surface area contributed by atoms with Crippen molar-refractivity contribution in [1.29, 1.82) is 0 Å². The number of thiophene rings is 1. The van der Waals surface area contributed by atoms with Gasteiger partial charge in [-0.05, 0) is 66.4 Å². The second-order valence-electron chi connectivity index (χ2n) is 7.88. The molecule has 176 valence electrons. The van der Waals surface area contributed by atoms with E-state index < -0.39 is 12.2 Å². The van der Waals surface area contributed by atoms with Gasteiger partial charge in [0.15, 0.2) is 0 Å². The van der Waals surface area contributed by atoms with Gasteiger partial charge in [0.25, 0.3) is 6.43 Å². The minimum atomic E-state index is -2.76. The summed E-state index contributed by atoms with van der Waals surface area (Å²) in [7, 11) is 0. The lowest BCUT2D eigenvalue weighted by Gasteiger charge is -2.16. The maximum atomic E-state index is 13.6. The van der Waals surface area contributed by atoms with Crippen molar-refractivity contribution in [3.63, 3.8) is 0 Å². The minimum Gasteiger partial charge on any atom is -0.471 e. The van der Waals surface area contributed by atoms with Gasteiger partial charge in [0.05, 0.1) is 11.3 Å². The van der Waals surface area contributed by atoms with Crippen molar-refractivity contribution in [2.24, 2.45) is 0 Å². The number of anilines is 1. The molecule has 0 saturated heterocycles. The van der Waals surface area contributed by atoms with Crippen LogP contribution in [0, 0.1) is 12.7 Å². The zero-order valence-electron chi connectivity index (χ0n) is 18.5. The Labute approximate surface area is 203 Å². The number of nitrogens with zero attached hydrogens (tertiary/aromatic N) is 3. The van der Waals surface area contributed by atoms with Crippen molar-refractivity contribution in [2.45, 2.75) is 20.0 Å². The van der Waals surface area contributed by atoms with Crippen LogP contribution in [0.25, 0.3) is 32.5 Å². The molecular weight excluding hydrogens is 473 g/mol. The zero-order chi connectivity index (χ0) is 24.5. The lowest BCUT2D eigenvalue weighted by molar-refractivity contribution is 0.146. The van der Waals surface area contributed by atoms with Crippen molar-refractivity contribution in [2.75, 3.05) is 5.73 Å². The molecule has 0 amide bonds. The van der Waals surface area contributed by atoms with E-state index in [1.807, 2.05) is 30.3 Å². The van der Waals surface area contributed by atoms with E-state index in [1.54, 1.807) is 36.5 Å². The van der Waals surface area contributed by atoms with Gasteiger partial charge in [-0.15, -0.1) is 11.3 Å². The van der Waals surface area contributed by atoms with E-state index in [1.165, 1.54) is 18.2 Å². The van der Waals surface area contributed by atoms with Crippen LogP contribution in [0.1, 0.15) is 22.7 Å². The van der Waals surface area contributed by atoms with Crippen molar-refractivity contribution in [3.8, 4) is 28.3 Å². The maximum absolute atomic E-state index is 13.6. The van der Waals surface area contributed by atoms with Gasteiger partial charge in [-0.3, -0.25) is 4.98 Å². The number of rotatable bonds is 6. The Kier molecular flexibility index (Phi) is 6.08. The van der Waals surface area contributed by atoms with Crippen molar-refractivity contribution in [1.82, 2.24) is 15.0 Å². The molecule has 0 aliphatic carbocycles. The maximum Gasteiger partial charge on any atom is 0.280 e. The number of aromatic nitrogens is 3. The molecule has 5 rings (SSSR count). The molecule has 0 aliphatic rings. The second-order valence-corrected chi connectivity index (χ2v) is 9.05. The number of halogens is 3. The molecule has 5 nitrogen and oxygen atoms in total. The normalized spacial score (nSPS) is 11.3. The number of hydrogen-bond donors (Lipinski definition) is 1. The van der Waals surface area contributed by atoms with E-state index in [0.717, 1.165) is 15.0 Å². The SMILES string of the molecule is Cc1cc(-c2c(OCc3cc4ccccc4s3)nc(N)nc2-c2ccc(F)cc2)cc(C(F)F)n1. The Hall–Kier alpha value is -3.98. The highest BCUT2D eigenvalue weighted by Crippen LogP contribution is 2.39. The Bertz CT molecular complexity index is 1490. The summed E-state index contributed by atoms with van der Waals surface area (Å²) in [5.41, 5.74) is 7.68. The number of alkyl halides is 2. The molecule has 0 saturated carbocycles. The third kappa shape index (κ3) is 4.81. The van der Waals surface area contributed by atoms with Gasteiger partial charge in [-0.2, -0.15) is 4.98 Å². The summed E-state index contributed by atoms with van der Waals surface area (Å²) in [6.07, 6.45) is -2.76. The van der Waals surface area contributed by atoms with Gasteiger partial charge in [0, 0.05) is 20.8 Å². The molecule has 0 spiro atoms. The van der Waals surface area contributed by atoms with E-state index >= 15 is 0 Å². The van der Waals surface area contributed by atoms with E-state index in [2.05, 4.69) is 15.0 Å². The van der Waals surface area contributed by atoms with Gasteiger partial charge in [-0.1, -0.05) is 18.2 Å². The second kappa shape index (κ2) is 9.34. The van der Waals surface area contributed by atoms with E-state index in [9.17, 15) is 13.2 Å². The Morgan fingerprint density at radius 1 is 0.943 bits per heavy atom. The molecule has 0 bridgehead atoms. The first-order valence-electron chi connectivity index (χ1n) is 10.7. The number of fused-ring (bicyclic) bond motifs is 1. The average Bonchev–Trinajstić information content (AvgIpc) is 3.25. The molecule has 0 radical (unpaired) electrons. The molecule has 0 aliphatic heterocycles. The Morgan fingerprint density at radius 3 is 2.46 bits per heavy atom. The highest BCUT2D eigenvalue weighted by Gasteiger charge is 2.22. The van der Waals surface area contributed by atoms with Crippen LogP contribution in [-0.2, 0) is 6.61 Å². The predicted molar refractivity (Wildman–Crippen MR) is 131 cm³/mol. The summed E-state index contributed by atoms with van der Waals surface area (Å²) in [6, 6.07) is 18.6. The number of hydrogen-bond acceptors (Lipinski definition) is 6. The molecule has 0 fully saturated rings. The minimum absolute atomic E-state index is 0.0562. The van der Waals surface area contributed by atoms with E-state index in [-0.39, 0.29) is 24.1 Å². The van der Waals surface area contributed by atoms with Crippen LogP contribution >= 0.6 is 11.3 Å². The third-order valence-electron chi connectivity index (χ3n) is 5.32. The molecule has 35 heavy (non-hydrogen) atoms. The Balaban J connectivity index is 1.65. The number of aryl methyl sites for hydroxylation is 1. The predicted octanol–water partition coefficient (Wildman–Crippen LogP) is 6.97. The van der Waals surface area contributed by atoms with Crippen LogP contribution in [0.5, 0.6) is 5.88 Å². The third-order valence-corrected chi connectivity index (χ3v) is 6.41. The van der Waals surface area contributed by atoms with Gasteiger partial charge in [0.1, 0.15) is 18.1 Å². The number of ether oxygens (including phenoxy) is 1. The summed E-state index contributed by atoms with van der Waals surface area (Å²) >= 11 is 1.58. The standard InChI is InChI=1S/C26H19F3N4OS/c1-14-10-17(12-20(31-14)24(28)29)22-23(15-6-8-18(27)9-7-15)32-26(30)33-25(22)34-13-19-11-16-4-2-3-5-21(16)35-19/h2-12,24H,13H2,1H3,(H2,30,32,33). The van der Waals surface area contributed by atoms with Crippen LogP contribution in [0.2, 0.25) is 0 Å². The van der Waals surface area contributed by atoms with E-state index in [4.69, 9.17) is 10.5 Å². The zero-order valence-corrected chi connectivity index (χ0v) is 19.3. The molecule has 2 aromatic carbocycles. The lowest BCUT2D eigenvalue weighted by Crippen LogP contribution is -2.06. The summed E-state index contributed by atoms with van der Waals surface area (Å²) in [6.45, 7) is 1.82. The molecule has 0 unspecified atom stereocenters. The Morgan fingerprint density at radius 2 is 1.71 bits per heavy atom. The number of pyridine rings is 1. The topological polar surface area (TPSA) is 73.9 Å². The summed E-state index contributed by atoms with van der Waals surface area (Å²) in [5, 5.41) is 1.09. The van der Waals surface area contributed by atoms with E-state index in [0.29, 0.717) is 28.1 Å². The van der Waals surface area contributed by atoms with Crippen LogP contribution in [-0.4, -0.2) is 15.0 Å². The number of nitrogens with two attached hydrogens (primary N) is 1. The first-order valence-corrected chi connectivity index (χ1v) is 11.5.